The summed E-state index contributed by atoms with van der Waals surface area (Å²) in [5.41, 5.74) is -0.0538. The van der Waals surface area contributed by atoms with Crippen molar-refractivity contribution in [2.24, 2.45) is 12.0 Å². The summed E-state index contributed by atoms with van der Waals surface area (Å²) < 4.78 is 39.3. The van der Waals surface area contributed by atoms with Crippen molar-refractivity contribution in [1.82, 2.24) is 20.2 Å². The van der Waals surface area contributed by atoms with Gasteiger partial charge in [0.25, 0.3) is 0 Å². The zero-order valence-electron chi connectivity index (χ0n) is 12.7. The lowest BCUT2D eigenvalue weighted by atomic mass is 10.4. The van der Waals surface area contributed by atoms with E-state index in [0.717, 1.165) is 22.4 Å². The van der Waals surface area contributed by atoms with Crippen LogP contribution in [0.4, 0.5) is 13.2 Å². The summed E-state index contributed by atoms with van der Waals surface area (Å²) >= 11 is 12.9. The molecular formula is C13H14Cl2F3N5S. The first-order valence-corrected chi connectivity index (χ1v) is 8.31. The van der Waals surface area contributed by atoms with Crippen LogP contribution in [0.25, 0.3) is 0 Å². The first-order valence-electron chi connectivity index (χ1n) is 6.68. The summed E-state index contributed by atoms with van der Waals surface area (Å²) in [6, 6.07) is 1.72. The van der Waals surface area contributed by atoms with Crippen LogP contribution in [-0.4, -0.2) is 22.6 Å². The molecule has 0 bridgehead atoms. The van der Waals surface area contributed by atoms with Gasteiger partial charge in [-0.3, -0.25) is 4.99 Å². The second-order valence-electron chi connectivity index (χ2n) is 4.74. The Balaban J connectivity index is 1.91. The summed E-state index contributed by atoms with van der Waals surface area (Å²) in [5.74, 6) is 0.423. The maximum atomic E-state index is 12.5. The minimum absolute atomic E-state index is 0.134. The molecule has 0 saturated carbocycles. The van der Waals surface area contributed by atoms with Gasteiger partial charge in [0, 0.05) is 25.2 Å². The molecule has 132 valence electrons. The van der Waals surface area contributed by atoms with E-state index in [-0.39, 0.29) is 6.54 Å². The lowest BCUT2D eigenvalue weighted by Crippen LogP contribution is -2.36. The Kier molecular flexibility index (Phi) is 6.00. The quantitative estimate of drug-likeness (QED) is 0.608. The molecule has 0 aliphatic rings. The molecule has 5 nitrogen and oxygen atoms in total. The van der Waals surface area contributed by atoms with Crippen LogP contribution in [0.15, 0.2) is 16.4 Å². The third-order valence-corrected chi connectivity index (χ3v) is 4.82. The smallest absolute Gasteiger partial charge is 0.351 e. The Morgan fingerprint density at radius 3 is 2.50 bits per heavy atom. The molecule has 2 N–H and O–H groups in total. The first kappa shape index (κ1) is 18.9. The molecule has 2 aromatic rings. The van der Waals surface area contributed by atoms with Gasteiger partial charge in [-0.15, -0.1) is 11.3 Å². The number of nitrogens with zero attached hydrogens (tertiary/aromatic N) is 3. The second-order valence-corrected chi connectivity index (χ2v) is 6.44. The molecule has 24 heavy (non-hydrogen) atoms. The number of hydrogen-bond donors (Lipinski definition) is 2. The Morgan fingerprint density at radius 1 is 1.33 bits per heavy atom. The predicted molar refractivity (Wildman–Crippen MR) is 89.6 cm³/mol. The molecule has 2 aromatic heterocycles. The number of alkyl halides is 3. The Bertz CT molecular complexity index is 739. The number of halogens is 5. The van der Waals surface area contributed by atoms with Gasteiger partial charge in [0.15, 0.2) is 11.7 Å². The summed E-state index contributed by atoms with van der Waals surface area (Å²) in [4.78, 5) is 7.55. The average molecular weight is 400 g/mol. The largest absolute Gasteiger partial charge is 0.434 e. The minimum atomic E-state index is -4.43. The lowest BCUT2D eigenvalue weighted by Gasteiger charge is -2.11. The van der Waals surface area contributed by atoms with E-state index in [9.17, 15) is 13.2 Å². The van der Waals surface area contributed by atoms with Crippen molar-refractivity contribution in [3.8, 4) is 0 Å². The molecule has 0 atom stereocenters. The average Bonchev–Trinajstić information content (AvgIpc) is 3.09. The van der Waals surface area contributed by atoms with Crippen LogP contribution in [0.2, 0.25) is 10.2 Å². The molecule has 2 rings (SSSR count). The number of thiazole rings is 1. The van der Waals surface area contributed by atoms with Gasteiger partial charge in [-0.25, -0.2) is 4.98 Å². The van der Waals surface area contributed by atoms with Gasteiger partial charge in [-0.2, -0.15) is 13.2 Å². The number of rotatable bonds is 4. The molecule has 0 spiro atoms. The normalized spacial score (nSPS) is 12.5. The zero-order valence-corrected chi connectivity index (χ0v) is 15.0. The third kappa shape index (κ3) is 4.55. The standard InChI is InChI=1S/C13H14Cl2F3N5S/c1-19-12(20-4-7-3-8(14)11(15)23(7)2)21-5-10-22-9(6-24-10)13(16,17)18/h3,6H,4-5H2,1-2H3,(H2,19,20,21). The van der Waals surface area contributed by atoms with Crippen LogP contribution in [0, 0.1) is 0 Å². The fourth-order valence-electron chi connectivity index (χ4n) is 1.84. The highest BCUT2D eigenvalue weighted by molar-refractivity contribution is 7.09. The van der Waals surface area contributed by atoms with E-state index in [2.05, 4.69) is 20.6 Å². The van der Waals surface area contributed by atoms with Crippen LogP contribution in [-0.2, 0) is 26.3 Å². The van der Waals surface area contributed by atoms with Gasteiger partial charge in [0.1, 0.15) is 10.2 Å². The van der Waals surface area contributed by atoms with Gasteiger partial charge in [-0.05, 0) is 6.07 Å². The van der Waals surface area contributed by atoms with Crippen molar-refractivity contribution in [2.75, 3.05) is 7.05 Å². The van der Waals surface area contributed by atoms with Crippen molar-refractivity contribution in [3.05, 3.63) is 38.0 Å². The van der Waals surface area contributed by atoms with Crippen LogP contribution >= 0.6 is 34.5 Å². The van der Waals surface area contributed by atoms with E-state index >= 15 is 0 Å². The Labute approximate surface area is 150 Å². The number of aromatic nitrogens is 2. The highest BCUT2D eigenvalue weighted by Crippen LogP contribution is 2.30. The van der Waals surface area contributed by atoms with Crippen LogP contribution < -0.4 is 10.6 Å². The maximum absolute atomic E-state index is 12.5. The van der Waals surface area contributed by atoms with E-state index in [1.54, 1.807) is 24.7 Å². The van der Waals surface area contributed by atoms with E-state index in [4.69, 9.17) is 23.2 Å². The van der Waals surface area contributed by atoms with Gasteiger partial charge >= 0.3 is 6.18 Å². The van der Waals surface area contributed by atoms with Crippen LogP contribution in [0.3, 0.4) is 0 Å². The van der Waals surface area contributed by atoms with Gasteiger partial charge in [-0.1, -0.05) is 23.2 Å². The number of aliphatic imine (C=N–C) groups is 1. The van der Waals surface area contributed by atoms with Crippen molar-refractivity contribution >= 4 is 40.5 Å². The molecule has 2 heterocycles. The highest BCUT2D eigenvalue weighted by atomic mass is 35.5. The molecule has 0 amide bonds. The maximum Gasteiger partial charge on any atom is 0.434 e. The van der Waals surface area contributed by atoms with Crippen molar-refractivity contribution < 1.29 is 13.2 Å². The molecule has 0 unspecified atom stereocenters. The molecule has 0 aliphatic carbocycles. The fraction of sp³-hybridized carbons (Fsp3) is 0.385. The monoisotopic (exact) mass is 399 g/mol. The van der Waals surface area contributed by atoms with Gasteiger partial charge in [0.05, 0.1) is 18.1 Å². The second kappa shape index (κ2) is 7.62. The van der Waals surface area contributed by atoms with E-state index in [1.165, 1.54) is 0 Å². The topological polar surface area (TPSA) is 54.2 Å². The van der Waals surface area contributed by atoms with E-state index < -0.39 is 11.9 Å². The predicted octanol–water partition coefficient (Wildman–Crippen LogP) is 3.67. The molecule has 11 heteroatoms. The van der Waals surface area contributed by atoms with Crippen molar-refractivity contribution in [2.45, 2.75) is 19.3 Å². The van der Waals surface area contributed by atoms with Gasteiger partial charge < -0.3 is 15.2 Å². The summed E-state index contributed by atoms with van der Waals surface area (Å²) in [6.45, 7) is 0.531. The molecule has 0 radical (unpaired) electrons. The Hall–Kier alpha value is -1.45. The number of nitrogens with one attached hydrogen (secondary N) is 2. The van der Waals surface area contributed by atoms with Crippen LogP contribution in [0.5, 0.6) is 0 Å². The number of hydrogen-bond acceptors (Lipinski definition) is 3. The first-order chi connectivity index (χ1) is 11.2. The molecule has 0 aromatic carbocycles. The summed E-state index contributed by atoms with van der Waals surface area (Å²) in [5, 5.41) is 8.11. The zero-order chi connectivity index (χ0) is 17.9. The third-order valence-electron chi connectivity index (χ3n) is 3.13. The number of guanidine groups is 1. The fourth-order valence-corrected chi connectivity index (χ4v) is 2.99. The lowest BCUT2D eigenvalue weighted by molar-refractivity contribution is -0.140. The van der Waals surface area contributed by atoms with Gasteiger partial charge in [0.2, 0.25) is 0 Å². The van der Waals surface area contributed by atoms with E-state index in [1.807, 2.05) is 0 Å². The molecule has 0 aliphatic heterocycles. The van der Waals surface area contributed by atoms with Crippen molar-refractivity contribution in [1.29, 1.82) is 0 Å². The summed E-state index contributed by atoms with van der Waals surface area (Å²) in [7, 11) is 3.33. The minimum Gasteiger partial charge on any atom is -0.351 e. The van der Waals surface area contributed by atoms with E-state index in [0.29, 0.717) is 27.7 Å². The molecule has 0 saturated heterocycles. The Morgan fingerprint density at radius 2 is 2.00 bits per heavy atom. The van der Waals surface area contributed by atoms with Crippen molar-refractivity contribution in [3.63, 3.8) is 0 Å². The molecule has 0 fully saturated rings. The van der Waals surface area contributed by atoms with Crippen LogP contribution in [0.1, 0.15) is 16.4 Å². The molecular weight excluding hydrogens is 386 g/mol. The summed E-state index contributed by atoms with van der Waals surface area (Å²) in [6.07, 6.45) is -4.43. The highest BCUT2D eigenvalue weighted by Gasteiger charge is 2.33. The SMILES string of the molecule is CN=C(NCc1nc(C(F)(F)F)cs1)NCc1cc(Cl)c(Cl)n1C.